The molecule has 2 N–H and O–H groups in total. The number of rotatable bonds is 7. The van der Waals surface area contributed by atoms with Crippen LogP contribution in [0.1, 0.15) is 62.2 Å². The predicted molar refractivity (Wildman–Crippen MR) is 74.0 cm³/mol. The van der Waals surface area contributed by atoms with Gasteiger partial charge in [-0.3, -0.25) is 4.79 Å². The van der Waals surface area contributed by atoms with Gasteiger partial charge in [0.2, 0.25) is 0 Å². The van der Waals surface area contributed by atoms with Gasteiger partial charge in [-0.1, -0.05) is 44.0 Å². The Morgan fingerprint density at radius 2 is 2.05 bits per heavy atom. The van der Waals surface area contributed by atoms with E-state index in [0.29, 0.717) is 12.3 Å². The molecular formula is C16H22O3. The molecule has 0 spiro atoms. The van der Waals surface area contributed by atoms with Gasteiger partial charge in [0, 0.05) is 0 Å². The average Bonchev–Trinajstić information content (AvgIpc) is 3.23. The summed E-state index contributed by atoms with van der Waals surface area (Å²) in [5.74, 6) is -1.07. The van der Waals surface area contributed by atoms with Crippen LogP contribution in [-0.2, 0) is 4.79 Å². The molecule has 1 aliphatic rings. The number of carbonyl (C=O) groups is 1. The van der Waals surface area contributed by atoms with Crippen molar-refractivity contribution in [1.29, 1.82) is 0 Å². The molecule has 1 aromatic rings. The third kappa shape index (κ3) is 3.35. The van der Waals surface area contributed by atoms with Crippen molar-refractivity contribution >= 4 is 5.97 Å². The van der Waals surface area contributed by atoms with Crippen molar-refractivity contribution in [1.82, 2.24) is 0 Å². The van der Waals surface area contributed by atoms with E-state index in [0.717, 1.165) is 36.8 Å². The van der Waals surface area contributed by atoms with Crippen LogP contribution in [-0.4, -0.2) is 16.2 Å². The van der Waals surface area contributed by atoms with E-state index < -0.39 is 18.0 Å². The lowest BCUT2D eigenvalue weighted by Crippen LogP contribution is -2.22. The van der Waals surface area contributed by atoms with Gasteiger partial charge in [-0.15, -0.1) is 0 Å². The topological polar surface area (TPSA) is 57.5 Å². The number of carboxylic acid groups (broad SMARTS) is 1. The van der Waals surface area contributed by atoms with Crippen LogP contribution < -0.4 is 0 Å². The number of aliphatic hydroxyl groups is 1. The predicted octanol–water partition coefficient (Wildman–Crippen LogP) is 3.49. The molecule has 2 rings (SSSR count). The Morgan fingerprint density at radius 1 is 1.37 bits per heavy atom. The van der Waals surface area contributed by atoms with Crippen molar-refractivity contribution < 1.29 is 15.0 Å². The Morgan fingerprint density at radius 3 is 2.63 bits per heavy atom. The Kier molecular flexibility index (Phi) is 4.59. The highest BCUT2D eigenvalue weighted by Gasteiger charge is 2.32. The highest BCUT2D eigenvalue weighted by Crippen LogP contribution is 2.44. The SMILES string of the molecule is CCCCC(C(=O)O)C(O)c1ccccc1C1CC1. The molecule has 2 unspecified atom stereocenters. The summed E-state index contributed by atoms with van der Waals surface area (Å²) in [4.78, 5) is 11.4. The number of hydrogen-bond acceptors (Lipinski definition) is 2. The molecule has 0 bridgehead atoms. The fraction of sp³-hybridized carbons (Fsp3) is 0.562. The first-order chi connectivity index (χ1) is 9.15. The van der Waals surface area contributed by atoms with Crippen LogP contribution in [0.25, 0.3) is 0 Å². The minimum atomic E-state index is -0.897. The second-order valence-electron chi connectivity index (χ2n) is 5.43. The molecule has 1 aliphatic carbocycles. The number of benzene rings is 1. The van der Waals surface area contributed by atoms with E-state index in [-0.39, 0.29) is 0 Å². The van der Waals surface area contributed by atoms with Crippen molar-refractivity contribution in [3.05, 3.63) is 35.4 Å². The lowest BCUT2D eigenvalue weighted by Gasteiger charge is -2.21. The molecule has 0 aliphatic heterocycles. The maximum absolute atomic E-state index is 11.4. The van der Waals surface area contributed by atoms with Gasteiger partial charge in [-0.2, -0.15) is 0 Å². The molecule has 0 heterocycles. The second-order valence-corrected chi connectivity index (χ2v) is 5.43. The van der Waals surface area contributed by atoms with Crippen LogP contribution in [0.3, 0.4) is 0 Å². The van der Waals surface area contributed by atoms with Crippen LogP contribution in [0.5, 0.6) is 0 Å². The number of carboxylic acids is 1. The molecule has 1 aromatic carbocycles. The normalized spacial score (nSPS) is 18.0. The molecule has 0 aromatic heterocycles. The summed E-state index contributed by atoms with van der Waals surface area (Å²) in [6.45, 7) is 2.03. The molecule has 3 nitrogen and oxygen atoms in total. The summed E-state index contributed by atoms with van der Waals surface area (Å²) in [7, 11) is 0. The molecule has 0 saturated heterocycles. The summed E-state index contributed by atoms with van der Waals surface area (Å²) < 4.78 is 0. The fourth-order valence-corrected chi connectivity index (χ4v) is 2.60. The Bertz CT molecular complexity index is 437. The van der Waals surface area contributed by atoms with Gasteiger partial charge < -0.3 is 10.2 Å². The van der Waals surface area contributed by atoms with Crippen molar-refractivity contribution in [2.45, 2.75) is 51.0 Å². The zero-order valence-electron chi connectivity index (χ0n) is 11.4. The monoisotopic (exact) mass is 262 g/mol. The fourth-order valence-electron chi connectivity index (χ4n) is 2.60. The van der Waals surface area contributed by atoms with Gasteiger partial charge in [0.05, 0.1) is 12.0 Å². The molecule has 2 atom stereocenters. The standard InChI is InChI=1S/C16H22O3/c1-2-3-6-14(16(18)19)15(17)13-8-5-4-7-12(13)11-9-10-11/h4-5,7-8,11,14-15,17H,2-3,6,9-10H2,1H3,(H,18,19). The lowest BCUT2D eigenvalue weighted by atomic mass is 9.87. The smallest absolute Gasteiger partial charge is 0.309 e. The summed E-state index contributed by atoms with van der Waals surface area (Å²) in [5, 5.41) is 19.8. The van der Waals surface area contributed by atoms with Gasteiger partial charge in [-0.25, -0.2) is 0 Å². The molecule has 104 valence electrons. The van der Waals surface area contributed by atoms with Gasteiger partial charge in [0.25, 0.3) is 0 Å². The van der Waals surface area contributed by atoms with Gasteiger partial charge >= 0.3 is 5.97 Å². The quantitative estimate of drug-likeness (QED) is 0.790. The second kappa shape index (κ2) is 6.20. The Balaban J connectivity index is 2.20. The summed E-state index contributed by atoms with van der Waals surface area (Å²) in [6.07, 6.45) is 3.72. The minimum absolute atomic E-state index is 0.520. The summed E-state index contributed by atoms with van der Waals surface area (Å²) in [5.41, 5.74) is 1.95. The largest absolute Gasteiger partial charge is 0.481 e. The summed E-state index contributed by atoms with van der Waals surface area (Å²) in [6, 6.07) is 7.74. The molecule has 0 amide bonds. The van der Waals surface area contributed by atoms with Gasteiger partial charge in [0.15, 0.2) is 0 Å². The van der Waals surface area contributed by atoms with Crippen LogP contribution in [0.15, 0.2) is 24.3 Å². The van der Waals surface area contributed by atoms with E-state index in [2.05, 4.69) is 0 Å². The van der Waals surface area contributed by atoms with Gasteiger partial charge in [-0.05, 0) is 36.3 Å². The maximum Gasteiger partial charge on any atom is 0.309 e. The maximum atomic E-state index is 11.4. The number of aliphatic carboxylic acids is 1. The minimum Gasteiger partial charge on any atom is -0.481 e. The first-order valence-electron chi connectivity index (χ1n) is 7.14. The summed E-state index contributed by atoms with van der Waals surface area (Å²) >= 11 is 0. The molecular weight excluding hydrogens is 240 g/mol. The third-order valence-electron chi connectivity index (χ3n) is 3.90. The lowest BCUT2D eigenvalue weighted by molar-refractivity contribution is -0.146. The average molecular weight is 262 g/mol. The van der Waals surface area contributed by atoms with E-state index in [9.17, 15) is 15.0 Å². The van der Waals surface area contributed by atoms with Crippen LogP contribution in [0.4, 0.5) is 0 Å². The highest BCUT2D eigenvalue weighted by atomic mass is 16.4. The zero-order chi connectivity index (χ0) is 13.8. The molecule has 1 saturated carbocycles. The van der Waals surface area contributed by atoms with E-state index in [4.69, 9.17) is 0 Å². The van der Waals surface area contributed by atoms with Crippen molar-refractivity contribution in [2.24, 2.45) is 5.92 Å². The van der Waals surface area contributed by atoms with E-state index in [1.807, 2.05) is 31.2 Å². The van der Waals surface area contributed by atoms with Crippen molar-refractivity contribution in [2.75, 3.05) is 0 Å². The van der Waals surface area contributed by atoms with Crippen molar-refractivity contribution in [3.8, 4) is 0 Å². The van der Waals surface area contributed by atoms with Crippen LogP contribution >= 0.6 is 0 Å². The van der Waals surface area contributed by atoms with E-state index in [1.54, 1.807) is 0 Å². The van der Waals surface area contributed by atoms with Crippen molar-refractivity contribution in [3.63, 3.8) is 0 Å². The molecule has 0 radical (unpaired) electrons. The van der Waals surface area contributed by atoms with E-state index >= 15 is 0 Å². The number of unbranched alkanes of at least 4 members (excludes halogenated alkanes) is 1. The molecule has 19 heavy (non-hydrogen) atoms. The number of hydrogen-bond donors (Lipinski definition) is 2. The first-order valence-corrected chi connectivity index (χ1v) is 7.14. The third-order valence-corrected chi connectivity index (χ3v) is 3.90. The van der Waals surface area contributed by atoms with Gasteiger partial charge in [0.1, 0.15) is 0 Å². The van der Waals surface area contributed by atoms with Crippen LogP contribution in [0.2, 0.25) is 0 Å². The van der Waals surface area contributed by atoms with Crippen LogP contribution in [0, 0.1) is 5.92 Å². The highest BCUT2D eigenvalue weighted by molar-refractivity contribution is 5.71. The van der Waals surface area contributed by atoms with E-state index in [1.165, 1.54) is 0 Å². The molecule has 1 fully saturated rings. The first kappa shape index (κ1) is 14.1. The number of aliphatic hydroxyl groups excluding tert-OH is 1. The Hall–Kier alpha value is -1.35. The Labute approximate surface area is 114 Å². The molecule has 3 heteroatoms. The zero-order valence-corrected chi connectivity index (χ0v) is 11.4.